The summed E-state index contributed by atoms with van der Waals surface area (Å²) in [6.07, 6.45) is 10.1. The SMILES string of the molecule is C=C(C)COC(=O)CCCCCCCCC[CH2][Ti]([CH3])([O]C)[O]C. The summed E-state index contributed by atoms with van der Waals surface area (Å²) < 4.78 is 17.3. The first-order valence-corrected chi connectivity index (χ1v) is 12.8. The first-order valence-electron chi connectivity index (χ1n) is 8.84. The van der Waals surface area contributed by atoms with Gasteiger partial charge in [0.05, 0.1) is 0 Å². The third-order valence-corrected chi connectivity index (χ3v) is 8.77. The number of unbranched alkanes of at least 4 members (excludes halogenated alkanes) is 7. The van der Waals surface area contributed by atoms with Crippen molar-refractivity contribution < 1.29 is 33.5 Å². The number of hydrogen-bond acceptors (Lipinski definition) is 4. The molecule has 0 rings (SSSR count). The maximum atomic E-state index is 11.4. The molecule has 0 spiro atoms. The quantitative estimate of drug-likeness (QED) is 0.170. The molecule has 23 heavy (non-hydrogen) atoms. The molecule has 0 aromatic rings. The Kier molecular flexibility index (Phi) is 14.1. The summed E-state index contributed by atoms with van der Waals surface area (Å²) in [7, 11) is 3.55. The van der Waals surface area contributed by atoms with Crippen LogP contribution in [0.2, 0.25) is 9.95 Å². The van der Waals surface area contributed by atoms with Crippen molar-refractivity contribution in [2.45, 2.75) is 74.7 Å². The van der Waals surface area contributed by atoms with E-state index in [1.807, 2.05) is 6.92 Å². The maximum absolute atomic E-state index is 11.4. The molecule has 0 aliphatic carbocycles. The molecule has 136 valence electrons. The van der Waals surface area contributed by atoms with Gasteiger partial charge in [0, 0.05) is 0 Å². The van der Waals surface area contributed by atoms with Crippen LogP contribution in [0, 0.1) is 0 Å². The summed E-state index contributed by atoms with van der Waals surface area (Å²) in [6.45, 7) is 5.93. The van der Waals surface area contributed by atoms with Crippen LogP contribution in [-0.4, -0.2) is 26.8 Å². The number of carbonyl (C=O) groups excluding carboxylic acids is 1. The third kappa shape index (κ3) is 13.9. The summed E-state index contributed by atoms with van der Waals surface area (Å²) in [5, 5.41) is 2.17. The van der Waals surface area contributed by atoms with E-state index in [0.29, 0.717) is 13.0 Å². The van der Waals surface area contributed by atoms with Crippen LogP contribution >= 0.6 is 0 Å². The Morgan fingerprint density at radius 2 is 1.39 bits per heavy atom. The molecule has 0 saturated carbocycles. The Balaban J connectivity index is 3.34. The van der Waals surface area contributed by atoms with Crippen molar-refractivity contribution in [3.63, 3.8) is 0 Å². The number of hydrogen-bond donors (Lipinski definition) is 0. The summed E-state index contributed by atoms with van der Waals surface area (Å²) >= 11 is -2.36. The fourth-order valence-electron chi connectivity index (χ4n) is 2.34. The molecule has 0 radical (unpaired) electrons. The molecule has 0 heterocycles. The summed E-state index contributed by atoms with van der Waals surface area (Å²) in [6, 6.07) is 0. The van der Waals surface area contributed by atoms with Crippen LogP contribution in [0.3, 0.4) is 0 Å². The molecular weight excluding hydrogens is 328 g/mol. The average Bonchev–Trinajstić information content (AvgIpc) is 2.54. The van der Waals surface area contributed by atoms with E-state index in [4.69, 9.17) is 11.4 Å². The van der Waals surface area contributed by atoms with Crippen molar-refractivity contribution in [2.75, 3.05) is 20.8 Å². The van der Waals surface area contributed by atoms with Crippen molar-refractivity contribution in [3.8, 4) is 0 Å². The van der Waals surface area contributed by atoms with Crippen LogP contribution in [0.5, 0.6) is 0 Å². The normalized spacial score (nSPS) is 11.5. The van der Waals surface area contributed by atoms with Crippen LogP contribution in [0.15, 0.2) is 12.2 Å². The van der Waals surface area contributed by atoms with E-state index in [2.05, 4.69) is 11.8 Å². The fraction of sp³-hybridized carbons (Fsp3) is 0.833. The molecule has 0 atom stereocenters. The number of rotatable bonds is 15. The van der Waals surface area contributed by atoms with Crippen molar-refractivity contribution >= 4 is 5.97 Å². The van der Waals surface area contributed by atoms with Crippen molar-refractivity contribution in [2.24, 2.45) is 0 Å². The number of ether oxygens (including phenoxy) is 1. The zero-order valence-electron chi connectivity index (χ0n) is 15.6. The molecule has 0 aromatic heterocycles. The van der Waals surface area contributed by atoms with Gasteiger partial charge in [-0.3, -0.25) is 0 Å². The molecule has 0 saturated heterocycles. The van der Waals surface area contributed by atoms with E-state index < -0.39 is 17.4 Å². The Bertz CT molecular complexity index is 327. The van der Waals surface area contributed by atoms with Crippen molar-refractivity contribution in [1.82, 2.24) is 0 Å². The van der Waals surface area contributed by atoms with E-state index in [1.54, 1.807) is 14.2 Å². The van der Waals surface area contributed by atoms with Crippen molar-refractivity contribution in [1.29, 1.82) is 0 Å². The predicted molar refractivity (Wildman–Crippen MR) is 92.0 cm³/mol. The fourth-order valence-corrected chi connectivity index (χ4v) is 4.63. The van der Waals surface area contributed by atoms with Crippen LogP contribution in [0.1, 0.15) is 64.7 Å². The average molecular weight is 364 g/mol. The van der Waals surface area contributed by atoms with Gasteiger partial charge in [-0.15, -0.1) is 0 Å². The molecule has 0 bridgehead atoms. The minimum absolute atomic E-state index is 0.0991. The van der Waals surface area contributed by atoms with Gasteiger partial charge in [0.1, 0.15) is 6.61 Å². The molecule has 0 amide bonds. The first kappa shape index (κ1) is 22.8. The van der Waals surface area contributed by atoms with Crippen LogP contribution < -0.4 is 0 Å². The van der Waals surface area contributed by atoms with E-state index >= 15 is 0 Å². The Morgan fingerprint density at radius 3 is 1.87 bits per heavy atom. The van der Waals surface area contributed by atoms with Gasteiger partial charge in [0.2, 0.25) is 0 Å². The Morgan fingerprint density at radius 1 is 0.913 bits per heavy atom. The first-order chi connectivity index (χ1) is 10.9. The zero-order chi connectivity index (χ0) is 17.6. The molecule has 4 nitrogen and oxygen atoms in total. The van der Waals surface area contributed by atoms with Gasteiger partial charge >= 0.3 is 121 Å². The summed E-state index contributed by atoms with van der Waals surface area (Å²) in [5.41, 5.74) is 0.887. The molecule has 0 fully saturated rings. The van der Waals surface area contributed by atoms with E-state index in [1.165, 1.54) is 38.5 Å². The van der Waals surface area contributed by atoms with E-state index in [0.717, 1.165) is 23.1 Å². The molecule has 0 aliphatic rings. The second-order valence-corrected chi connectivity index (χ2v) is 12.1. The molecule has 0 N–H and O–H groups in total. The summed E-state index contributed by atoms with van der Waals surface area (Å²) in [4.78, 5) is 11.4. The molecule has 0 aromatic carbocycles. The molecule has 5 heteroatoms. The number of esters is 1. The van der Waals surface area contributed by atoms with Crippen LogP contribution in [-0.2, 0) is 33.5 Å². The molecule has 0 unspecified atom stereocenters. The van der Waals surface area contributed by atoms with E-state index in [9.17, 15) is 4.79 Å². The Labute approximate surface area is 147 Å². The topological polar surface area (TPSA) is 44.8 Å². The van der Waals surface area contributed by atoms with Gasteiger partial charge in [0.15, 0.2) is 0 Å². The summed E-state index contributed by atoms with van der Waals surface area (Å²) in [5.74, 6) is -0.0991. The van der Waals surface area contributed by atoms with Gasteiger partial charge in [-0.25, -0.2) is 0 Å². The second-order valence-electron chi connectivity index (χ2n) is 6.49. The standard InChI is InChI=1S/C15H27O2.2CH3O.CH3.Ti/c1-4-5-6-7-8-9-10-11-12-15(16)17-13-14(2)3;2*1-2;;/h1-2,4-13H2,3H3;2*1H3;1H3;/q;2*-1;;+2. The monoisotopic (exact) mass is 364 g/mol. The minimum atomic E-state index is -2.36. The number of carbonyl (C=O) groups is 1. The second kappa shape index (κ2) is 14.2. The van der Waals surface area contributed by atoms with Crippen LogP contribution in [0.25, 0.3) is 0 Å². The molecule has 0 aliphatic heterocycles. The van der Waals surface area contributed by atoms with Gasteiger partial charge in [0.25, 0.3) is 0 Å². The van der Waals surface area contributed by atoms with Gasteiger partial charge in [-0.2, -0.15) is 0 Å². The third-order valence-electron chi connectivity index (χ3n) is 4.10. The van der Waals surface area contributed by atoms with Gasteiger partial charge in [-0.05, 0) is 12.5 Å². The van der Waals surface area contributed by atoms with Crippen LogP contribution in [0.4, 0.5) is 0 Å². The van der Waals surface area contributed by atoms with E-state index in [-0.39, 0.29) is 5.97 Å². The van der Waals surface area contributed by atoms with Gasteiger partial charge in [-0.1, -0.05) is 6.58 Å². The zero-order valence-corrected chi connectivity index (χ0v) is 17.2. The predicted octanol–water partition coefficient (Wildman–Crippen LogP) is 5.36. The Hall–Kier alpha value is -0.156. The molecular formula is C18H36O4Ti. The van der Waals surface area contributed by atoms with Gasteiger partial charge < -0.3 is 0 Å². The van der Waals surface area contributed by atoms with Crippen molar-refractivity contribution in [3.05, 3.63) is 12.2 Å².